The number of hydrogen-bond acceptors (Lipinski definition) is 8. The molecule has 4 nitrogen and oxygen atoms in total. The topological polar surface area (TPSA) is 59.9 Å². The SMILES string of the molecule is CCCCCCCCc1cc2c(s1)-c1sc(C#Cc3ccc(-c4ccc(C#Cc5cc6c(s5)-c5sc(CCCCCCCC)cc5P6(=O)c5ccccc5)cn4)nc3)cc1P2(=O)c1ccccc1. The van der Waals surface area contributed by atoms with Gasteiger partial charge in [-0.25, -0.2) is 0 Å². The molecule has 342 valence electrons. The molecule has 0 amide bonds. The van der Waals surface area contributed by atoms with Gasteiger partial charge in [-0.05, 0) is 74.2 Å². The van der Waals surface area contributed by atoms with Gasteiger partial charge in [-0.2, -0.15) is 0 Å². The van der Waals surface area contributed by atoms with Crippen LogP contribution in [0.4, 0.5) is 0 Å². The molecule has 8 aromatic rings. The number of benzene rings is 2. The monoisotopic (exact) mass is 1000 g/mol. The minimum atomic E-state index is -2.99. The second-order valence-electron chi connectivity index (χ2n) is 17.8. The molecule has 2 atom stereocenters. The van der Waals surface area contributed by atoms with E-state index in [2.05, 4.69) is 61.8 Å². The molecule has 10 heteroatoms. The molecule has 10 rings (SSSR count). The van der Waals surface area contributed by atoms with Crippen LogP contribution in [0.25, 0.3) is 30.9 Å². The van der Waals surface area contributed by atoms with Crippen LogP contribution in [0.2, 0.25) is 0 Å². The fourth-order valence-corrected chi connectivity index (χ4v) is 22.1. The number of aromatic nitrogens is 2. The fourth-order valence-electron chi connectivity index (χ4n) is 9.34. The molecule has 68 heavy (non-hydrogen) atoms. The van der Waals surface area contributed by atoms with E-state index >= 15 is 9.13 Å². The van der Waals surface area contributed by atoms with Crippen LogP contribution in [0.15, 0.2) is 122 Å². The highest BCUT2D eigenvalue weighted by Crippen LogP contribution is 2.58. The third-order valence-corrected chi connectivity index (χ3v) is 24.6. The molecule has 2 aromatic carbocycles. The number of pyridine rings is 2. The Bertz CT molecular complexity index is 3060. The molecule has 2 unspecified atom stereocenters. The molecule has 0 saturated carbocycles. The molecule has 8 heterocycles. The molecule has 0 saturated heterocycles. The van der Waals surface area contributed by atoms with Gasteiger partial charge < -0.3 is 9.13 Å². The van der Waals surface area contributed by atoms with Crippen LogP contribution < -0.4 is 31.8 Å². The average molecular weight is 1000 g/mol. The Morgan fingerprint density at radius 1 is 0.426 bits per heavy atom. The summed E-state index contributed by atoms with van der Waals surface area (Å²) in [6.07, 6.45) is 20.8. The third kappa shape index (κ3) is 9.42. The second kappa shape index (κ2) is 21.0. The van der Waals surface area contributed by atoms with E-state index in [1.807, 2.05) is 108 Å². The Balaban J connectivity index is 0.827. The van der Waals surface area contributed by atoms with Crippen LogP contribution in [-0.4, -0.2) is 9.97 Å². The first kappa shape index (κ1) is 46.8. The van der Waals surface area contributed by atoms with Crippen molar-refractivity contribution in [2.45, 2.75) is 104 Å². The van der Waals surface area contributed by atoms with Gasteiger partial charge in [-0.15, -0.1) is 45.3 Å². The van der Waals surface area contributed by atoms with E-state index in [-0.39, 0.29) is 0 Å². The van der Waals surface area contributed by atoms with E-state index in [9.17, 15) is 0 Å². The molecule has 0 bridgehead atoms. The van der Waals surface area contributed by atoms with Gasteiger partial charge in [0.05, 0.1) is 40.7 Å². The minimum absolute atomic E-state index is 0.755. The highest BCUT2D eigenvalue weighted by atomic mass is 32.1. The molecular formula is C58H54N2O2P2S4. The highest BCUT2D eigenvalue weighted by molar-refractivity contribution is 7.88. The molecule has 0 aliphatic carbocycles. The summed E-state index contributed by atoms with van der Waals surface area (Å²) in [5, 5.41) is 5.65. The zero-order valence-electron chi connectivity index (χ0n) is 38.7. The standard InChI is InChI=1S/C58H54N2O2P2S4/c1-3-5-7-9-11-19-25-45-35-51-55(65-45)57-53(63(51,61)43-21-15-13-16-22-43)37-47(67-57)31-27-41-29-33-49(59-39-41)50-34-30-42(40-60-50)28-32-48-38-54-58(68-48)56-52(64(54,62)44-23-17-14-18-24-44)36-46(66-56)26-20-12-10-8-6-4-2/h13-18,21-24,29-30,33-40H,3-12,19-20,25-26H2,1-2H3. The zero-order chi connectivity index (χ0) is 46.5. The van der Waals surface area contributed by atoms with E-state index in [0.29, 0.717) is 0 Å². The van der Waals surface area contributed by atoms with Crippen molar-refractivity contribution in [3.8, 4) is 54.6 Å². The van der Waals surface area contributed by atoms with Gasteiger partial charge >= 0.3 is 0 Å². The quantitative estimate of drug-likeness (QED) is 0.0518. The minimum Gasteiger partial charge on any atom is -0.309 e. The predicted molar refractivity (Wildman–Crippen MR) is 295 cm³/mol. The van der Waals surface area contributed by atoms with Crippen LogP contribution in [-0.2, 0) is 22.0 Å². The van der Waals surface area contributed by atoms with Crippen molar-refractivity contribution in [1.82, 2.24) is 9.97 Å². The molecule has 6 aromatic heterocycles. The number of nitrogens with zero attached hydrogens (tertiary/aromatic N) is 2. The molecule has 2 aliphatic rings. The normalized spacial score (nSPS) is 16.3. The summed E-state index contributed by atoms with van der Waals surface area (Å²) >= 11 is 6.95. The Labute approximate surface area is 418 Å². The van der Waals surface area contributed by atoms with Crippen molar-refractivity contribution in [3.63, 3.8) is 0 Å². The van der Waals surface area contributed by atoms with Gasteiger partial charge in [0.25, 0.3) is 0 Å². The lowest BCUT2D eigenvalue weighted by Crippen LogP contribution is -2.19. The zero-order valence-corrected chi connectivity index (χ0v) is 43.7. The summed E-state index contributed by atoms with van der Waals surface area (Å²) in [5.41, 5.74) is 3.12. The van der Waals surface area contributed by atoms with E-state index in [4.69, 9.17) is 9.97 Å². The first-order valence-electron chi connectivity index (χ1n) is 24.2. The predicted octanol–water partition coefficient (Wildman–Crippen LogP) is 14.2. The summed E-state index contributed by atoms with van der Waals surface area (Å²) in [6.45, 7) is 4.51. The van der Waals surface area contributed by atoms with E-state index < -0.39 is 14.3 Å². The summed E-state index contributed by atoms with van der Waals surface area (Å²) < 4.78 is 30.4. The van der Waals surface area contributed by atoms with E-state index in [1.54, 1.807) is 35.1 Å². The first-order valence-corrected chi connectivity index (χ1v) is 30.9. The second-order valence-corrected chi connectivity index (χ2v) is 27.6. The number of fused-ring (bicyclic) bond motifs is 6. The van der Waals surface area contributed by atoms with Crippen LogP contribution in [0.3, 0.4) is 0 Å². The van der Waals surface area contributed by atoms with Gasteiger partial charge in [-0.3, -0.25) is 9.97 Å². The number of hydrogen-bond donors (Lipinski definition) is 0. The summed E-state index contributed by atoms with van der Waals surface area (Å²) in [5.74, 6) is 13.4. The van der Waals surface area contributed by atoms with Crippen molar-refractivity contribution in [2.75, 3.05) is 0 Å². The van der Waals surface area contributed by atoms with Crippen LogP contribution in [0.1, 0.15) is 122 Å². The van der Waals surface area contributed by atoms with Gasteiger partial charge in [0, 0.05) is 65.1 Å². The summed E-state index contributed by atoms with van der Waals surface area (Å²) in [7, 11) is -5.98. The van der Waals surface area contributed by atoms with Gasteiger partial charge in [0.1, 0.15) is 0 Å². The Kier molecular flexibility index (Phi) is 14.5. The lowest BCUT2D eigenvalue weighted by Gasteiger charge is -2.13. The van der Waals surface area contributed by atoms with Crippen molar-refractivity contribution < 1.29 is 9.13 Å². The number of aryl methyl sites for hydroxylation is 2. The number of rotatable bonds is 17. The number of unbranched alkanes of at least 4 members (excludes halogenated alkanes) is 10. The Morgan fingerprint density at radius 2 is 0.809 bits per heavy atom. The Hall–Kier alpha value is -4.88. The van der Waals surface area contributed by atoms with Crippen LogP contribution in [0.5, 0.6) is 0 Å². The maximum atomic E-state index is 15.2. The summed E-state index contributed by atoms with van der Waals surface area (Å²) in [4.78, 5) is 18.5. The number of thiophene rings is 4. The van der Waals surface area contributed by atoms with Crippen molar-refractivity contribution >= 4 is 91.5 Å². The molecule has 0 spiro atoms. The van der Waals surface area contributed by atoms with Crippen LogP contribution >= 0.6 is 59.6 Å². The maximum absolute atomic E-state index is 15.2. The average Bonchev–Trinajstić information content (AvgIpc) is 4.24. The van der Waals surface area contributed by atoms with Crippen LogP contribution in [0, 0.1) is 23.7 Å². The first-order chi connectivity index (χ1) is 33.4. The smallest absolute Gasteiger partial charge is 0.174 e. The lowest BCUT2D eigenvalue weighted by molar-refractivity contribution is 0.592. The van der Waals surface area contributed by atoms with E-state index in [1.165, 1.54) is 86.8 Å². The van der Waals surface area contributed by atoms with Gasteiger partial charge in [0.15, 0.2) is 14.3 Å². The summed E-state index contributed by atoms with van der Waals surface area (Å²) in [6, 6.07) is 36.5. The molecule has 0 N–H and O–H groups in total. The van der Waals surface area contributed by atoms with Gasteiger partial charge in [0.2, 0.25) is 0 Å². The largest absolute Gasteiger partial charge is 0.309 e. The van der Waals surface area contributed by atoms with E-state index in [0.717, 1.165) is 96.4 Å². The lowest BCUT2D eigenvalue weighted by atomic mass is 10.1. The fraction of sp³-hybridized carbons (Fsp3) is 0.276. The Morgan fingerprint density at radius 3 is 1.21 bits per heavy atom. The maximum Gasteiger partial charge on any atom is 0.174 e. The van der Waals surface area contributed by atoms with Gasteiger partial charge in [-0.1, -0.05) is 162 Å². The van der Waals surface area contributed by atoms with Crippen molar-refractivity contribution in [2.24, 2.45) is 0 Å². The highest BCUT2D eigenvalue weighted by Gasteiger charge is 2.45. The molecule has 2 aliphatic heterocycles. The molecular weight excluding hydrogens is 947 g/mol. The van der Waals surface area contributed by atoms with Crippen molar-refractivity contribution in [1.29, 1.82) is 0 Å². The molecule has 0 fully saturated rings. The molecule has 0 radical (unpaired) electrons. The van der Waals surface area contributed by atoms with Crippen molar-refractivity contribution in [3.05, 3.63) is 152 Å². The third-order valence-electron chi connectivity index (χ3n) is 13.0.